The number of methoxy groups -OCH3 is 1. The SMILES string of the molecule is CCC[NH+]1[C@@H]2CCC[C@H]1CC(NC(=S)NCCCOC)C2. The number of rotatable bonds is 7. The Morgan fingerprint density at radius 3 is 2.62 bits per heavy atom. The van der Waals surface area contributed by atoms with E-state index in [0.717, 1.165) is 36.8 Å². The molecule has 2 heterocycles. The molecule has 0 aromatic carbocycles. The van der Waals surface area contributed by atoms with Crippen molar-refractivity contribution in [2.24, 2.45) is 0 Å². The monoisotopic (exact) mass is 314 g/mol. The highest BCUT2D eigenvalue weighted by atomic mass is 32.1. The minimum Gasteiger partial charge on any atom is -0.385 e. The standard InChI is InChI=1S/C16H31N3OS/c1-3-9-19-14-6-4-7-15(19)12-13(11-14)18-16(21)17-8-5-10-20-2/h13-15H,3-12H2,1-2H3,(H2,17,18,21)/p+1/t13?,14-,15+. The van der Waals surface area contributed by atoms with Crippen molar-refractivity contribution in [3.63, 3.8) is 0 Å². The molecule has 21 heavy (non-hydrogen) atoms. The maximum absolute atomic E-state index is 5.43. The van der Waals surface area contributed by atoms with Gasteiger partial charge in [-0.3, -0.25) is 0 Å². The van der Waals surface area contributed by atoms with Crippen LogP contribution < -0.4 is 15.5 Å². The number of fused-ring (bicyclic) bond motifs is 2. The van der Waals surface area contributed by atoms with Gasteiger partial charge >= 0.3 is 0 Å². The van der Waals surface area contributed by atoms with Crippen molar-refractivity contribution in [1.29, 1.82) is 0 Å². The molecule has 122 valence electrons. The van der Waals surface area contributed by atoms with Crippen LogP contribution in [0.4, 0.5) is 0 Å². The molecule has 0 amide bonds. The summed E-state index contributed by atoms with van der Waals surface area (Å²) >= 11 is 5.43. The normalized spacial score (nSPS) is 31.7. The number of thiocarbonyl (C=S) groups is 1. The van der Waals surface area contributed by atoms with Crippen molar-refractivity contribution < 1.29 is 9.64 Å². The molecule has 4 nitrogen and oxygen atoms in total. The summed E-state index contributed by atoms with van der Waals surface area (Å²) in [5.41, 5.74) is 0. The molecular weight excluding hydrogens is 282 g/mol. The van der Waals surface area contributed by atoms with Gasteiger partial charge in [-0.1, -0.05) is 6.92 Å². The van der Waals surface area contributed by atoms with E-state index in [9.17, 15) is 0 Å². The van der Waals surface area contributed by atoms with Gasteiger partial charge in [0, 0.05) is 39.1 Å². The first kappa shape index (κ1) is 17.0. The minimum absolute atomic E-state index is 0.573. The summed E-state index contributed by atoms with van der Waals surface area (Å²) in [5.74, 6) is 0. The average molecular weight is 315 g/mol. The molecular formula is C16H32N3OS+. The van der Waals surface area contributed by atoms with Crippen molar-refractivity contribution in [1.82, 2.24) is 10.6 Å². The van der Waals surface area contributed by atoms with Gasteiger partial charge < -0.3 is 20.3 Å². The Bertz CT molecular complexity index is 313. The lowest BCUT2D eigenvalue weighted by Gasteiger charge is -2.46. The van der Waals surface area contributed by atoms with Crippen molar-refractivity contribution in [3.8, 4) is 0 Å². The molecule has 2 fully saturated rings. The van der Waals surface area contributed by atoms with Crippen LogP contribution in [-0.4, -0.2) is 50.0 Å². The zero-order valence-corrected chi connectivity index (χ0v) is 14.4. The molecule has 2 saturated heterocycles. The van der Waals surface area contributed by atoms with Crippen LogP contribution in [0, 0.1) is 0 Å². The molecule has 0 radical (unpaired) electrons. The molecule has 5 heteroatoms. The molecule has 4 atom stereocenters. The second-order valence-electron chi connectivity index (χ2n) is 6.56. The van der Waals surface area contributed by atoms with Crippen LogP contribution >= 0.6 is 12.2 Å². The van der Waals surface area contributed by atoms with Crippen LogP contribution in [0.2, 0.25) is 0 Å². The third-order valence-corrected chi connectivity index (χ3v) is 5.24. The first-order valence-electron chi connectivity index (χ1n) is 8.63. The Labute approximate surface area is 135 Å². The summed E-state index contributed by atoms with van der Waals surface area (Å²) in [6, 6.07) is 2.28. The average Bonchev–Trinajstić information content (AvgIpc) is 2.45. The minimum atomic E-state index is 0.573. The summed E-state index contributed by atoms with van der Waals surface area (Å²) in [6.45, 7) is 5.35. The maximum atomic E-state index is 5.43. The highest BCUT2D eigenvalue weighted by Crippen LogP contribution is 2.22. The maximum Gasteiger partial charge on any atom is 0.166 e. The zero-order chi connectivity index (χ0) is 15.1. The summed E-state index contributed by atoms with van der Waals surface area (Å²) < 4.78 is 5.05. The number of hydrogen-bond acceptors (Lipinski definition) is 2. The third kappa shape index (κ3) is 5.08. The number of ether oxygens (including phenoxy) is 1. The van der Waals surface area contributed by atoms with Gasteiger partial charge in [0.25, 0.3) is 0 Å². The van der Waals surface area contributed by atoms with E-state index in [1.165, 1.54) is 45.1 Å². The Morgan fingerprint density at radius 1 is 1.29 bits per heavy atom. The lowest BCUT2D eigenvalue weighted by atomic mass is 9.81. The van der Waals surface area contributed by atoms with E-state index in [1.54, 1.807) is 7.11 Å². The van der Waals surface area contributed by atoms with Crippen LogP contribution in [0.1, 0.15) is 51.9 Å². The highest BCUT2D eigenvalue weighted by Gasteiger charge is 2.41. The second kappa shape index (κ2) is 8.91. The van der Waals surface area contributed by atoms with Crippen LogP contribution in [0.3, 0.4) is 0 Å². The van der Waals surface area contributed by atoms with Gasteiger partial charge in [0.15, 0.2) is 5.11 Å². The number of nitrogens with one attached hydrogen (secondary N) is 3. The lowest BCUT2D eigenvalue weighted by molar-refractivity contribution is -0.961. The Balaban J connectivity index is 1.74. The van der Waals surface area contributed by atoms with Crippen LogP contribution in [0.15, 0.2) is 0 Å². The van der Waals surface area contributed by atoms with E-state index < -0.39 is 0 Å². The van der Waals surface area contributed by atoms with Crippen molar-refractivity contribution in [2.75, 3.05) is 26.8 Å². The predicted molar refractivity (Wildman–Crippen MR) is 90.8 cm³/mol. The van der Waals surface area contributed by atoms with Gasteiger partial charge in [-0.25, -0.2) is 0 Å². The van der Waals surface area contributed by atoms with E-state index in [1.807, 2.05) is 4.90 Å². The largest absolute Gasteiger partial charge is 0.385 e. The third-order valence-electron chi connectivity index (χ3n) is 4.98. The van der Waals surface area contributed by atoms with Crippen molar-refractivity contribution in [2.45, 2.75) is 70.0 Å². The second-order valence-corrected chi connectivity index (χ2v) is 6.97. The first-order valence-corrected chi connectivity index (χ1v) is 9.04. The highest BCUT2D eigenvalue weighted by molar-refractivity contribution is 7.80. The summed E-state index contributed by atoms with van der Waals surface area (Å²) in [7, 11) is 1.74. The molecule has 0 saturated carbocycles. The molecule has 0 aromatic heterocycles. The summed E-state index contributed by atoms with van der Waals surface area (Å²) in [6.07, 6.45) is 9.10. The molecule has 2 bridgehead atoms. The fourth-order valence-electron chi connectivity index (χ4n) is 4.11. The Kier molecular flexibility index (Phi) is 7.20. The Hall–Kier alpha value is -0.390. The zero-order valence-electron chi connectivity index (χ0n) is 13.6. The lowest BCUT2D eigenvalue weighted by Crippen LogP contribution is -3.21. The van der Waals surface area contributed by atoms with Gasteiger partial charge in [-0.2, -0.15) is 0 Å². The number of quaternary nitrogens is 1. The predicted octanol–water partition coefficient (Wildman–Crippen LogP) is 0.865. The summed E-state index contributed by atoms with van der Waals surface area (Å²) in [5, 5.41) is 7.68. The Morgan fingerprint density at radius 2 is 2.00 bits per heavy atom. The molecule has 3 N–H and O–H groups in total. The van der Waals surface area contributed by atoms with Gasteiger partial charge in [0.05, 0.1) is 18.6 Å². The van der Waals surface area contributed by atoms with Crippen LogP contribution in [0.5, 0.6) is 0 Å². The topological polar surface area (TPSA) is 37.7 Å². The van der Waals surface area contributed by atoms with Gasteiger partial charge in [-0.05, 0) is 44.3 Å². The summed E-state index contributed by atoms with van der Waals surface area (Å²) in [4.78, 5) is 1.88. The van der Waals surface area contributed by atoms with E-state index >= 15 is 0 Å². The van der Waals surface area contributed by atoms with Crippen molar-refractivity contribution >= 4 is 17.3 Å². The smallest absolute Gasteiger partial charge is 0.166 e. The van der Waals surface area contributed by atoms with Crippen LogP contribution in [0.25, 0.3) is 0 Å². The fourth-order valence-corrected chi connectivity index (χ4v) is 4.37. The van der Waals surface area contributed by atoms with E-state index in [-0.39, 0.29) is 0 Å². The molecule has 2 aliphatic rings. The fraction of sp³-hybridized carbons (Fsp3) is 0.938. The van der Waals surface area contributed by atoms with E-state index in [4.69, 9.17) is 17.0 Å². The van der Waals surface area contributed by atoms with Crippen molar-refractivity contribution in [3.05, 3.63) is 0 Å². The van der Waals surface area contributed by atoms with Crippen LogP contribution in [-0.2, 0) is 4.74 Å². The molecule has 2 rings (SSSR count). The number of hydrogen-bond donors (Lipinski definition) is 3. The number of piperidine rings is 2. The van der Waals surface area contributed by atoms with E-state index in [0.29, 0.717) is 6.04 Å². The van der Waals surface area contributed by atoms with Gasteiger partial charge in [0.2, 0.25) is 0 Å². The van der Waals surface area contributed by atoms with Gasteiger partial charge in [-0.15, -0.1) is 0 Å². The molecule has 0 aromatic rings. The molecule has 0 aliphatic carbocycles. The molecule has 0 spiro atoms. The van der Waals surface area contributed by atoms with E-state index in [2.05, 4.69) is 17.6 Å². The molecule has 2 unspecified atom stereocenters. The first-order chi connectivity index (χ1) is 10.2. The van der Waals surface area contributed by atoms with Gasteiger partial charge in [0.1, 0.15) is 0 Å². The quantitative estimate of drug-likeness (QED) is 0.481. The molecule has 2 aliphatic heterocycles.